The second kappa shape index (κ2) is 4.65. The molecule has 0 amide bonds. The number of hydrogen-bond donors (Lipinski definition) is 1. The van der Waals surface area contributed by atoms with E-state index in [1.165, 1.54) is 0 Å². The average molecular weight is 282 g/mol. The van der Waals surface area contributed by atoms with Gasteiger partial charge >= 0.3 is 12.1 Å². The number of rotatable bonds is 2. The lowest BCUT2D eigenvalue weighted by atomic mass is 10.2. The molecule has 2 aromatic rings. The molecule has 0 aliphatic rings. The number of pyridine rings is 1. The minimum absolute atomic E-state index is 0.155. The number of carboxylic acids is 1. The van der Waals surface area contributed by atoms with Crippen molar-refractivity contribution in [1.29, 1.82) is 5.26 Å². The molecule has 2 aromatic heterocycles. The monoisotopic (exact) mass is 282 g/mol. The summed E-state index contributed by atoms with van der Waals surface area (Å²) in [5.41, 5.74) is -1.58. The van der Waals surface area contributed by atoms with Gasteiger partial charge in [-0.2, -0.15) is 23.5 Å². The van der Waals surface area contributed by atoms with E-state index in [1.54, 1.807) is 6.07 Å². The highest BCUT2D eigenvalue weighted by Gasteiger charge is 2.33. The maximum Gasteiger partial charge on any atom is 0.433 e. The highest BCUT2D eigenvalue weighted by molar-refractivity contribution is 5.86. The van der Waals surface area contributed by atoms with Gasteiger partial charge in [0.15, 0.2) is 5.82 Å². The highest BCUT2D eigenvalue weighted by atomic mass is 19.4. The summed E-state index contributed by atoms with van der Waals surface area (Å²) in [6.45, 7) is 0. The van der Waals surface area contributed by atoms with Gasteiger partial charge in [-0.1, -0.05) is 0 Å². The maximum absolute atomic E-state index is 12.6. The third kappa shape index (κ3) is 2.44. The van der Waals surface area contributed by atoms with Gasteiger partial charge in [-0.3, -0.25) is 0 Å². The molecule has 6 nitrogen and oxygen atoms in total. The molecule has 0 saturated heterocycles. The zero-order chi connectivity index (χ0) is 14.9. The lowest BCUT2D eigenvalue weighted by Crippen LogP contribution is -2.12. The summed E-state index contributed by atoms with van der Waals surface area (Å²) in [6, 6.07) is 3.30. The molecule has 0 radical (unpaired) electrons. The quantitative estimate of drug-likeness (QED) is 0.907. The van der Waals surface area contributed by atoms with Gasteiger partial charge in [-0.25, -0.2) is 14.5 Å². The normalized spacial score (nSPS) is 11.1. The maximum atomic E-state index is 12.6. The van der Waals surface area contributed by atoms with Crippen LogP contribution in [0.5, 0.6) is 0 Å². The van der Waals surface area contributed by atoms with Crippen molar-refractivity contribution in [3.05, 3.63) is 41.3 Å². The van der Waals surface area contributed by atoms with Gasteiger partial charge < -0.3 is 5.11 Å². The molecule has 0 spiro atoms. The number of carboxylic acid groups (broad SMARTS) is 1. The zero-order valence-corrected chi connectivity index (χ0v) is 9.59. The van der Waals surface area contributed by atoms with Crippen molar-refractivity contribution in [2.45, 2.75) is 6.18 Å². The molecule has 0 aliphatic carbocycles. The minimum atomic E-state index is -4.68. The first-order valence-electron chi connectivity index (χ1n) is 5.09. The molecule has 0 atom stereocenters. The Morgan fingerprint density at radius 3 is 2.60 bits per heavy atom. The molecule has 0 fully saturated rings. The lowest BCUT2D eigenvalue weighted by molar-refractivity contribution is -0.141. The number of carbonyl (C=O) groups is 1. The summed E-state index contributed by atoms with van der Waals surface area (Å²) in [4.78, 5) is 14.0. The number of hydrogen-bond acceptors (Lipinski definition) is 4. The largest absolute Gasteiger partial charge is 0.478 e. The van der Waals surface area contributed by atoms with Crippen LogP contribution in [0.3, 0.4) is 0 Å². The molecule has 20 heavy (non-hydrogen) atoms. The molecule has 0 bridgehead atoms. The molecule has 2 rings (SSSR count). The summed E-state index contributed by atoms with van der Waals surface area (Å²) in [5.74, 6) is -1.67. The van der Waals surface area contributed by atoms with Crippen molar-refractivity contribution in [2.75, 3.05) is 0 Å². The molecule has 0 aromatic carbocycles. The fourth-order valence-electron chi connectivity index (χ4n) is 1.42. The van der Waals surface area contributed by atoms with E-state index >= 15 is 0 Å². The number of aromatic nitrogens is 3. The summed E-state index contributed by atoms with van der Waals surface area (Å²) >= 11 is 0. The van der Waals surface area contributed by atoms with Gasteiger partial charge in [0.25, 0.3) is 0 Å². The van der Waals surface area contributed by atoms with E-state index in [9.17, 15) is 18.0 Å². The Balaban J connectivity index is 2.59. The van der Waals surface area contributed by atoms with Crippen LogP contribution in [0.15, 0.2) is 24.5 Å². The Kier molecular flexibility index (Phi) is 3.15. The molecule has 102 valence electrons. The molecule has 0 saturated carbocycles. The first kappa shape index (κ1) is 13.5. The predicted octanol–water partition coefficient (Wildman–Crippen LogP) is 1.86. The SMILES string of the molecule is N#Cc1ccc(C(F)(F)F)nc1-n1cc(C(=O)O)cn1. The third-order valence-corrected chi connectivity index (χ3v) is 2.33. The standard InChI is InChI=1S/C11H5F3N4O2/c12-11(13,14)8-2-1-6(3-15)9(17-8)18-5-7(4-16-18)10(19)20/h1-2,4-5H,(H,19,20). The van der Waals surface area contributed by atoms with E-state index in [0.29, 0.717) is 6.07 Å². The summed E-state index contributed by atoms with van der Waals surface area (Å²) in [6.07, 6.45) is -2.75. The van der Waals surface area contributed by atoms with Gasteiger partial charge in [0, 0.05) is 6.20 Å². The van der Waals surface area contributed by atoms with E-state index in [4.69, 9.17) is 10.4 Å². The van der Waals surface area contributed by atoms with Crippen LogP contribution in [-0.2, 0) is 6.18 Å². The van der Waals surface area contributed by atoms with Crippen molar-refractivity contribution < 1.29 is 23.1 Å². The van der Waals surface area contributed by atoms with E-state index in [-0.39, 0.29) is 16.9 Å². The van der Waals surface area contributed by atoms with Crippen molar-refractivity contribution in [2.24, 2.45) is 0 Å². The molecular formula is C11H5F3N4O2. The van der Waals surface area contributed by atoms with Gasteiger partial charge in [-0.05, 0) is 12.1 Å². The number of aromatic carboxylic acids is 1. The lowest BCUT2D eigenvalue weighted by Gasteiger charge is -2.08. The van der Waals surface area contributed by atoms with Crippen molar-refractivity contribution in [3.8, 4) is 11.9 Å². The third-order valence-electron chi connectivity index (χ3n) is 2.33. The van der Waals surface area contributed by atoms with Crippen molar-refractivity contribution in [1.82, 2.24) is 14.8 Å². The first-order chi connectivity index (χ1) is 9.32. The van der Waals surface area contributed by atoms with E-state index in [1.807, 2.05) is 0 Å². The Bertz CT molecular complexity index is 715. The van der Waals surface area contributed by atoms with Gasteiger partial charge in [0.05, 0.1) is 17.3 Å². The highest BCUT2D eigenvalue weighted by Crippen LogP contribution is 2.28. The van der Waals surface area contributed by atoms with E-state index < -0.39 is 17.8 Å². The summed E-state index contributed by atoms with van der Waals surface area (Å²) in [7, 11) is 0. The van der Waals surface area contributed by atoms with Crippen LogP contribution in [0.1, 0.15) is 21.6 Å². The second-order valence-electron chi connectivity index (χ2n) is 3.66. The zero-order valence-electron chi connectivity index (χ0n) is 9.59. The van der Waals surface area contributed by atoms with Crippen LogP contribution in [0.4, 0.5) is 13.2 Å². The molecule has 0 unspecified atom stereocenters. The van der Waals surface area contributed by atoms with Crippen molar-refractivity contribution in [3.63, 3.8) is 0 Å². The number of halogens is 3. The molecular weight excluding hydrogens is 277 g/mol. The van der Waals surface area contributed by atoms with Crippen LogP contribution in [-0.4, -0.2) is 25.8 Å². The van der Waals surface area contributed by atoms with Gasteiger partial charge in [-0.15, -0.1) is 0 Å². The van der Waals surface area contributed by atoms with E-state index in [2.05, 4.69) is 10.1 Å². The second-order valence-corrected chi connectivity index (χ2v) is 3.66. The fraction of sp³-hybridized carbons (Fsp3) is 0.0909. The topological polar surface area (TPSA) is 91.8 Å². The molecule has 0 aliphatic heterocycles. The molecule has 1 N–H and O–H groups in total. The van der Waals surface area contributed by atoms with Gasteiger partial charge in [0.2, 0.25) is 0 Å². The number of nitrogens with zero attached hydrogens (tertiary/aromatic N) is 4. The van der Waals surface area contributed by atoms with Crippen LogP contribution in [0.2, 0.25) is 0 Å². The fourth-order valence-corrected chi connectivity index (χ4v) is 1.42. The Hall–Kier alpha value is -2.89. The van der Waals surface area contributed by atoms with Crippen LogP contribution in [0, 0.1) is 11.3 Å². The first-order valence-corrected chi connectivity index (χ1v) is 5.09. The molecule has 2 heterocycles. The molecule has 9 heteroatoms. The number of alkyl halides is 3. The van der Waals surface area contributed by atoms with Crippen LogP contribution >= 0.6 is 0 Å². The minimum Gasteiger partial charge on any atom is -0.478 e. The van der Waals surface area contributed by atoms with Gasteiger partial charge in [0.1, 0.15) is 11.8 Å². The Morgan fingerprint density at radius 2 is 2.10 bits per heavy atom. The number of nitriles is 1. The van der Waals surface area contributed by atoms with Crippen molar-refractivity contribution >= 4 is 5.97 Å². The average Bonchev–Trinajstić information content (AvgIpc) is 2.86. The summed E-state index contributed by atoms with van der Waals surface area (Å²) in [5, 5.41) is 21.2. The Labute approximate surface area is 109 Å². The van der Waals surface area contributed by atoms with Crippen LogP contribution < -0.4 is 0 Å². The predicted molar refractivity (Wildman–Crippen MR) is 58.0 cm³/mol. The Morgan fingerprint density at radius 1 is 1.40 bits per heavy atom. The van der Waals surface area contributed by atoms with Crippen LogP contribution in [0.25, 0.3) is 5.82 Å². The summed E-state index contributed by atoms with van der Waals surface area (Å²) < 4.78 is 38.6. The smallest absolute Gasteiger partial charge is 0.433 e. The van der Waals surface area contributed by atoms with E-state index in [0.717, 1.165) is 23.1 Å².